The Morgan fingerprint density at radius 1 is 1.42 bits per heavy atom. The van der Waals surface area contributed by atoms with Gasteiger partial charge in [-0.15, -0.1) is 12.4 Å². The molecule has 2 nitrogen and oxygen atoms in total. The first-order chi connectivity index (χ1) is 4.85. The van der Waals surface area contributed by atoms with Crippen LogP contribution in [0.2, 0.25) is 0 Å². The van der Waals surface area contributed by atoms with E-state index in [0.29, 0.717) is 0 Å². The molecule has 2 atom stereocenters. The van der Waals surface area contributed by atoms with Gasteiger partial charge in [-0.3, -0.25) is 0 Å². The molecule has 0 unspecified atom stereocenters. The van der Waals surface area contributed by atoms with Crippen LogP contribution >= 0.6 is 12.4 Å². The minimum Gasteiger partial charge on any atom is -0.380 e. The summed E-state index contributed by atoms with van der Waals surface area (Å²) in [7, 11) is 0. The zero-order chi connectivity index (χ0) is 8.70. The third-order valence-electron chi connectivity index (χ3n) is 2.06. The average molecular weight is 206 g/mol. The van der Waals surface area contributed by atoms with Crippen molar-refractivity contribution >= 4 is 12.4 Å². The Morgan fingerprint density at radius 2 is 1.92 bits per heavy atom. The highest BCUT2D eigenvalue weighted by Gasteiger charge is 2.56. The van der Waals surface area contributed by atoms with Crippen molar-refractivity contribution in [2.24, 2.45) is 5.73 Å². The minimum atomic E-state index is -4.53. The third kappa shape index (κ3) is 2.02. The Balaban J connectivity index is 0.00000121. The maximum atomic E-state index is 12.0. The maximum Gasteiger partial charge on any atom is 0.417 e. The molecule has 1 aliphatic carbocycles. The number of rotatable bonds is 0. The van der Waals surface area contributed by atoms with E-state index in [2.05, 4.69) is 0 Å². The Labute approximate surface area is 74.3 Å². The zero-order valence-corrected chi connectivity index (χ0v) is 7.08. The highest BCUT2D eigenvalue weighted by Crippen LogP contribution is 2.42. The number of aliphatic hydroxyl groups is 1. The average Bonchev–Trinajstić information content (AvgIpc) is 2.10. The fourth-order valence-electron chi connectivity index (χ4n) is 1.32. The predicted molar refractivity (Wildman–Crippen MR) is 40.1 cm³/mol. The van der Waals surface area contributed by atoms with Gasteiger partial charge in [0.05, 0.1) is 0 Å². The molecule has 12 heavy (non-hydrogen) atoms. The molecule has 0 aromatic rings. The molecule has 3 N–H and O–H groups in total. The van der Waals surface area contributed by atoms with Crippen LogP contribution in [0.25, 0.3) is 0 Å². The first-order valence-electron chi connectivity index (χ1n) is 3.40. The van der Waals surface area contributed by atoms with E-state index >= 15 is 0 Å². The summed E-state index contributed by atoms with van der Waals surface area (Å²) in [5.41, 5.74) is 2.73. The smallest absolute Gasteiger partial charge is 0.380 e. The summed E-state index contributed by atoms with van der Waals surface area (Å²) >= 11 is 0. The van der Waals surface area contributed by atoms with Gasteiger partial charge in [0.25, 0.3) is 0 Å². The summed E-state index contributed by atoms with van der Waals surface area (Å²) in [4.78, 5) is 0. The highest BCUT2D eigenvalue weighted by atomic mass is 35.5. The predicted octanol–water partition coefficient (Wildman–Crippen LogP) is 1.21. The molecule has 0 aliphatic heterocycles. The lowest BCUT2D eigenvalue weighted by Gasteiger charge is -2.25. The molecular weight excluding hydrogens is 195 g/mol. The van der Waals surface area contributed by atoms with Crippen LogP contribution in [0.4, 0.5) is 13.2 Å². The summed E-state index contributed by atoms with van der Waals surface area (Å²) in [6.07, 6.45) is -4.91. The molecule has 0 radical (unpaired) electrons. The molecule has 74 valence electrons. The molecule has 1 fully saturated rings. The summed E-state index contributed by atoms with van der Waals surface area (Å²) in [6, 6.07) is -0.512. The lowest BCUT2D eigenvalue weighted by atomic mass is 10.0. The van der Waals surface area contributed by atoms with E-state index < -0.39 is 17.8 Å². The SMILES string of the molecule is Cl.N[C@@H]1CC[C@@](O)(C(F)(F)F)C1. The molecule has 1 rings (SSSR count). The summed E-state index contributed by atoms with van der Waals surface area (Å²) in [6.45, 7) is 0. The largest absolute Gasteiger partial charge is 0.417 e. The normalized spacial score (nSPS) is 36.2. The van der Waals surface area contributed by atoms with Crippen molar-refractivity contribution in [1.29, 1.82) is 0 Å². The topological polar surface area (TPSA) is 46.2 Å². The van der Waals surface area contributed by atoms with E-state index in [1.54, 1.807) is 0 Å². The van der Waals surface area contributed by atoms with Gasteiger partial charge in [0.1, 0.15) is 0 Å². The van der Waals surface area contributed by atoms with E-state index in [9.17, 15) is 13.2 Å². The lowest BCUT2D eigenvalue weighted by molar-refractivity contribution is -0.257. The van der Waals surface area contributed by atoms with Gasteiger partial charge in [0, 0.05) is 12.5 Å². The van der Waals surface area contributed by atoms with Crippen LogP contribution in [0.15, 0.2) is 0 Å². The minimum absolute atomic E-state index is 0. The fraction of sp³-hybridized carbons (Fsp3) is 1.00. The Kier molecular flexibility index (Phi) is 3.40. The molecule has 0 aromatic carbocycles. The van der Waals surface area contributed by atoms with Crippen LogP contribution in [0.1, 0.15) is 19.3 Å². The van der Waals surface area contributed by atoms with Crippen molar-refractivity contribution in [2.75, 3.05) is 0 Å². The molecular formula is C6H11ClF3NO. The number of hydrogen-bond acceptors (Lipinski definition) is 2. The van der Waals surface area contributed by atoms with Crippen molar-refractivity contribution in [3.63, 3.8) is 0 Å². The fourth-order valence-corrected chi connectivity index (χ4v) is 1.32. The van der Waals surface area contributed by atoms with Crippen molar-refractivity contribution in [3.8, 4) is 0 Å². The van der Waals surface area contributed by atoms with Crippen molar-refractivity contribution in [1.82, 2.24) is 0 Å². The summed E-state index contributed by atoms with van der Waals surface area (Å²) in [5, 5.41) is 8.99. The summed E-state index contributed by atoms with van der Waals surface area (Å²) in [5.74, 6) is 0. The molecule has 0 bridgehead atoms. The van der Waals surface area contributed by atoms with E-state index in [1.165, 1.54) is 0 Å². The van der Waals surface area contributed by atoms with Crippen LogP contribution in [-0.2, 0) is 0 Å². The van der Waals surface area contributed by atoms with Crippen LogP contribution in [0.3, 0.4) is 0 Å². The number of hydrogen-bond donors (Lipinski definition) is 2. The highest BCUT2D eigenvalue weighted by molar-refractivity contribution is 5.85. The molecule has 0 heterocycles. The molecule has 1 saturated carbocycles. The first kappa shape index (κ1) is 12.0. The number of halogens is 4. The van der Waals surface area contributed by atoms with Crippen LogP contribution in [0, 0.1) is 0 Å². The first-order valence-corrected chi connectivity index (χ1v) is 3.40. The molecule has 0 saturated heterocycles. The van der Waals surface area contributed by atoms with E-state index in [1.807, 2.05) is 0 Å². The van der Waals surface area contributed by atoms with Gasteiger partial charge in [-0.2, -0.15) is 13.2 Å². The molecule has 6 heteroatoms. The second-order valence-corrected chi connectivity index (χ2v) is 3.03. The van der Waals surface area contributed by atoms with Crippen LogP contribution in [-0.4, -0.2) is 22.9 Å². The Hall–Kier alpha value is -0.0000000000000000555. The van der Waals surface area contributed by atoms with E-state index in [-0.39, 0.29) is 31.7 Å². The van der Waals surface area contributed by atoms with Crippen LogP contribution in [0.5, 0.6) is 0 Å². The van der Waals surface area contributed by atoms with Crippen molar-refractivity contribution in [3.05, 3.63) is 0 Å². The van der Waals surface area contributed by atoms with Gasteiger partial charge < -0.3 is 10.8 Å². The third-order valence-corrected chi connectivity index (χ3v) is 2.06. The van der Waals surface area contributed by atoms with Crippen molar-refractivity contribution < 1.29 is 18.3 Å². The number of nitrogens with two attached hydrogens (primary N) is 1. The standard InChI is InChI=1S/C6H10F3NO.ClH/c7-6(8,9)5(11)2-1-4(10)3-5;/h4,11H,1-3,10H2;1H/t4-,5+;/m1./s1. The molecule has 0 spiro atoms. The van der Waals surface area contributed by atoms with E-state index in [4.69, 9.17) is 10.8 Å². The van der Waals surface area contributed by atoms with Gasteiger partial charge in [-0.05, 0) is 12.8 Å². The molecule has 0 amide bonds. The lowest BCUT2D eigenvalue weighted by Crippen LogP contribution is -2.43. The Bertz CT molecular complexity index is 163. The van der Waals surface area contributed by atoms with Gasteiger partial charge in [0.15, 0.2) is 5.60 Å². The monoisotopic (exact) mass is 205 g/mol. The second kappa shape index (κ2) is 3.40. The molecule has 1 aliphatic rings. The van der Waals surface area contributed by atoms with E-state index in [0.717, 1.165) is 0 Å². The van der Waals surface area contributed by atoms with Gasteiger partial charge in [-0.1, -0.05) is 0 Å². The number of alkyl halides is 3. The van der Waals surface area contributed by atoms with Crippen LogP contribution < -0.4 is 5.73 Å². The maximum absolute atomic E-state index is 12.0. The van der Waals surface area contributed by atoms with Crippen molar-refractivity contribution in [2.45, 2.75) is 37.1 Å². The molecule has 0 aromatic heterocycles. The Morgan fingerprint density at radius 3 is 2.08 bits per heavy atom. The second-order valence-electron chi connectivity index (χ2n) is 3.03. The summed E-state index contributed by atoms with van der Waals surface area (Å²) < 4.78 is 36.0. The zero-order valence-electron chi connectivity index (χ0n) is 6.27. The van der Waals surface area contributed by atoms with Gasteiger partial charge in [-0.25, -0.2) is 0 Å². The quantitative estimate of drug-likeness (QED) is 0.625. The van der Waals surface area contributed by atoms with Gasteiger partial charge in [0.2, 0.25) is 0 Å². The van der Waals surface area contributed by atoms with Gasteiger partial charge >= 0.3 is 6.18 Å².